The number of hydrogen-bond acceptors (Lipinski definition) is 4. The van der Waals surface area contributed by atoms with E-state index in [9.17, 15) is 9.59 Å². The quantitative estimate of drug-likeness (QED) is 0.455. The maximum absolute atomic E-state index is 13.4. The van der Waals surface area contributed by atoms with Gasteiger partial charge < -0.3 is 19.5 Å². The Labute approximate surface area is 202 Å². The van der Waals surface area contributed by atoms with Crippen molar-refractivity contribution in [1.82, 2.24) is 19.8 Å². The van der Waals surface area contributed by atoms with Crippen molar-refractivity contribution in [3.05, 3.63) is 60.4 Å². The van der Waals surface area contributed by atoms with Gasteiger partial charge in [0.25, 0.3) is 5.91 Å². The van der Waals surface area contributed by atoms with E-state index >= 15 is 0 Å². The molecule has 0 radical (unpaired) electrons. The molecule has 0 saturated carbocycles. The molecule has 0 bridgehead atoms. The molecule has 2 aromatic carbocycles. The minimum atomic E-state index is -0.393. The van der Waals surface area contributed by atoms with E-state index in [1.807, 2.05) is 71.0 Å². The first kappa shape index (κ1) is 25.3. The largest absolute Gasteiger partial charge is 0.484 e. The molecule has 0 aliphatic heterocycles. The van der Waals surface area contributed by atoms with Crippen molar-refractivity contribution in [2.24, 2.45) is 11.8 Å². The fourth-order valence-corrected chi connectivity index (χ4v) is 4.00. The molecule has 1 aromatic heterocycles. The van der Waals surface area contributed by atoms with Crippen molar-refractivity contribution in [3.8, 4) is 5.75 Å². The van der Waals surface area contributed by atoms with E-state index in [-0.39, 0.29) is 25.0 Å². The molecule has 0 aliphatic carbocycles. The van der Waals surface area contributed by atoms with E-state index in [2.05, 4.69) is 33.0 Å². The van der Waals surface area contributed by atoms with Crippen molar-refractivity contribution in [2.45, 2.75) is 47.2 Å². The summed E-state index contributed by atoms with van der Waals surface area (Å²) < 4.78 is 7.49. The Kier molecular flexibility index (Phi) is 8.68. The number of nitrogens with one attached hydrogen (secondary N) is 1. The summed E-state index contributed by atoms with van der Waals surface area (Å²) in [5.41, 5.74) is 1.67. The minimum absolute atomic E-state index is 0.0535. The van der Waals surface area contributed by atoms with Gasteiger partial charge in [-0.05, 0) is 43.0 Å². The number of aromatic nitrogens is 2. The number of ether oxygens (including phenoxy) is 1. The average Bonchev–Trinajstić information content (AvgIpc) is 3.16. The van der Waals surface area contributed by atoms with Crippen molar-refractivity contribution in [1.29, 1.82) is 0 Å². The Morgan fingerprint density at radius 1 is 0.941 bits per heavy atom. The van der Waals surface area contributed by atoms with Crippen molar-refractivity contribution < 1.29 is 14.3 Å². The summed E-state index contributed by atoms with van der Waals surface area (Å²) in [6, 6.07) is 16.6. The van der Waals surface area contributed by atoms with E-state index in [0.717, 1.165) is 11.0 Å². The molecule has 0 fully saturated rings. The highest BCUT2D eigenvalue weighted by Crippen LogP contribution is 2.21. The van der Waals surface area contributed by atoms with Crippen LogP contribution in [-0.2, 0) is 16.1 Å². The summed E-state index contributed by atoms with van der Waals surface area (Å²) in [4.78, 5) is 32.6. The number of carbonyl (C=O) groups excluding carboxylic acids is 2. The minimum Gasteiger partial charge on any atom is -0.484 e. The second kappa shape index (κ2) is 11.7. The Morgan fingerprint density at radius 3 is 2.21 bits per heavy atom. The Bertz CT molecular complexity index is 1080. The van der Waals surface area contributed by atoms with Gasteiger partial charge in [0.05, 0.1) is 17.1 Å². The summed E-state index contributed by atoms with van der Waals surface area (Å²) in [6.45, 7) is 11.9. The highest BCUT2D eigenvalue weighted by molar-refractivity contribution is 5.82. The highest BCUT2D eigenvalue weighted by Gasteiger charge is 2.23. The lowest BCUT2D eigenvalue weighted by atomic mass is 10.1. The van der Waals surface area contributed by atoms with Gasteiger partial charge in [-0.1, -0.05) is 58.0 Å². The molecule has 0 aliphatic rings. The zero-order valence-electron chi connectivity index (χ0n) is 20.8. The number of hydrogen-bond donors (Lipinski definition) is 1. The lowest BCUT2D eigenvalue weighted by Crippen LogP contribution is -2.39. The van der Waals surface area contributed by atoms with E-state index in [1.165, 1.54) is 0 Å². The normalized spacial score (nSPS) is 12.2. The van der Waals surface area contributed by atoms with Crippen LogP contribution in [0, 0.1) is 11.8 Å². The SMILES string of the molecule is CC(C)CN(CC(C)C)C(=O)Cn1c(C(C)NC(=O)COc2ccccc2)nc2ccccc21. The number of rotatable bonds is 11. The highest BCUT2D eigenvalue weighted by atomic mass is 16.5. The monoisotopic (exact) mass is 464 g/mol. The maximum atomic E-state index is 13.4. The summed E-state index contributed by atoms with van der Waals surface area (Å²) in [6.07, 6.45) is 0. The van der Waals surface area contributed by atoms with Gasteiger partial charge in [0, 0.05) is 13.1 Å². The Balaban J connectivity index is 1.78. The van der Waals surface area contributed by atoms with E-state index in [0.29, 0.717) is 36.5 Å². The van der Waals surface area contributed by atoms with E-state index in [4.69, 9.17) is 9.72 Å². The zero-order valence-corrected chi connectivity index (χ0v) is 20.8. The number of fused-ring (bicyclic) bond motifs is 1. The van der Waals surface area contributed by atoms with Crippen LogP contribution in [-0.4, -0.2) is 46.0 Å². The van der Waals surface area contributed by atoms with Gasteiger partial charge in [-0.25, -0.2) is 4.98 Å². The summed E-state index contributed by atoms with van der Waals surface area (Å²) in [5.74, 6) is 1.85. The molecule has 1 heterocycles. The average molecular weight is 465 g/mol. The fraction of sp³-hybridized carbons (Fsp3) is 0.444. The lowest BCUT2D eigenvalue weighted by Gasteiger charge is -2.27. The van der Waals surface area contributed by atoms with Crippen LogP contribution >= 0.6 is 0 Å². The summed E-state index contributed by atoms with van der Waals surface area (Å²) in [7, 11) is 0. The van der Waals surface area contributed by atoms with Crippen LogP contribution in [0.15, 0.2) is 54.6 Å². The first-order valence-electron chi connectivity index (χ1n) is 11.9. The zero-order chi connectivity index (χ0) is 24.7. The van der Waals surface area contributed by atoms with Crippen LogP contribution in [0.3, 0.4) is 0 Å². The topological polar surface area (TPSA) is 76.5 Å². The molecule has 1 unspecified atom stereocenters. The molecule has 2 amide bonds. The molecular weight excluding hydrogens is 428 g/mol. The summed E-state index contributed by atoms with van der Waals surface area (Å²) in [5, 5.41) is 2.96. The Morgan fingerprint density at radius 2 is 1.56 bits per heavy atom. The number of benzene rings is 2. The molecule has 0 saturated heterocycles. The third kappa shape index (κ3) is 6.83. The standard InChI is InChI=1S/C27H36N4O3/c1-19(2)15-30(16-20(3)4)26(33)17-31-24-14-10-9-13-23(24)29-27(31)21(5)28-25(32)18-34-22-11-7-6-8-12-22/h6-14,19-21H,15-18H2,1-5H3,(H,28,32). The second-order valence-corrected chi connectivity index (χ2v) is 9.52. The van der Waals surface area contributed by atoms with E-state index < -0.39 is 6.04 Å². The van der Waals surface area contributed by atoms with Crippen molar-refractivity contribution >= 4 is 22.8 Å². The van der Waals surface area contributed by atoms with Gasteiger partial charge >= 0.3 is 0 Å². The molecule has 1 atom stereocenters. The van der Waals surface area contributed by atoms with Gasteiger partial charge in [-0.15, -0.1) is 0 Å². The van der Waals surface area contributed by atoms with Crippen LogP contribution in [0.25, 0.3) is 11.0 Å². The van der Waals surface area contributed by atoms with Crippen molar-refractivity contribution in [2.75, 3.05) is 19.7 Å². The van der Waals surface area contributed by atoms with Crippen molar-refractivity contribution in [3.63, 3.8) is 0 Å². The first-order valence-corrected chi connectivity index (χ1v) is 11.9. The van der Waals surface area contributed by atoms with Crippen LogP contribution in [0.1, 0.15) is 46.5 Å². The Hall–Kier alpha value is -3.35. The van der Waals surface area contributed by atoms with Gasteiger partial charge in [0.1, 0.15) is 18.1 Å². The van der Waals surface area contributed by atoms with Gasteiger partial charge in [0.2, 0.25) is 5.91 Å². The predicted octanol–water partition coefficient (Wildman–Crippen LogP) is 4.43. The molecule has 7 heteroatoms. The number of nitrogens with zero attached hydrogens (tertiary/aromatic N) is 3. The number of para-hydroxylation sites is 3. The lowest BCUT2D eigenvalue weighted by molar-refractivity contribution is -0.132. The van der Waals surface area contributed by atoms with Crippen LogP contribution < -0.4 is 10.1 Å². The molecule has 182 valence electrons. The molecule has 3 rings (SSSR count). The number of amides is 2. The van der Waals surface area contributed by atoms with E-state index in [1.54, 1.807) is 0 Å². The smallest absolute Gasteiger partial charge is 0.258 e. The third-order valence-electron chi connectivity index (χ3n) is 5.38. The van der Waals surface area contributed by atoms with Crippen LogP contribution in [0.4, 0.5) is 0 Å². The molecule has 7 nitrogen and oxygen atoms in total. The first-order chi connectivity index (χ1) is 16.2. The van der Waals surface area contributed by atoms with Gasteiger partial charge in [-0.2, -0.15) is 0 Å². The van der Waals surface area contributed by atoms with Crippen LogP contribution in [0.2, 0.25) is 0 Å². The molecule has 34 heavy (non-hydrogen) atoms. The van der Waals surface area contributed by atoms with Gasteiger partial charge in [0.15, 0.2) is 6.61 Å². The molecular formula is C27H36N4O3. The third-order valence-corrected chi connectivity index (χ3v) is 5.38. The number of imidazole rings is 1. The summed E-state index contributed by atoms with van der Waals surface area (Å²) >= 11 is 0. The van der Waals surface area contributed by atoms with Gasteiger partial charge in [-0.3, -0.25) is 9.59 Å². The molecule has 3 aromatic rings. The predicted molar refractivity (Wildman–Crippen MR) is 134 cm³/mol. The fourth-order valence-electron chi connectivity index (χ4n) is 4.00. The second-order valence-electron chi connectivity index (χ2n) is 9.52. The van der Waals surface area contributed by atoms with Crippen LogP contribution in [0.5, 0.6) is 5.75 Å². The molecule has 0 spiro atoms. The maximum Gasteiger partial charge on any atom is 0.258 e. The number of carbonyl (C=O) groups is 2. The molecule has 1 N–H and O–H groups in total.